The van der Waals surface area contributed by atoms with Gasteiger partial charge >= 0.3 is 5.97 Å². The van der Waals surface area contributed by atoms with Crippen molar-refractivity contribution in [3.05, 3.63) is 23.8 Å². The van der Waals surface area contributed by atoms with Crippen molar-refractivity contribution in [1.29, 1.82) is 0 Å². The van der Waals surface area contributed by atoms with Crippen LogP contribution in [0.5, 0.6) is 11.5 Å². The van der Waals surface area contributed by atoms with Crippen LogP contribution in [-0.2, 0) is 4.79 Å². The number of amides is 1. The molecular formula is C13H15NO5. The van der Waals surface area contributed by atoms with Crippen LogP contribution in [0.2, 0.25) is 0 Å². The first-order chi connectivity index (χ1) is 8.90. The second-order valence-electron chi connectivity index (χ2n) is 4.79. The van der Waals surface area contributed by atoms with Gasteiger partial charge in [0.05, 0.1) is 0 Å². The molecule has 6 heteroatoms. The van der Waals surface area contributed by atoms with Crippen LogP contribution >= 0.6 is 0 Å². The zero-order chi connectivity index (χ0) is 14.2. The summed E-state index contributed by atoms with van der Waals surface area (Å²) < 4.78 is 0. The summed E-state index contributed by atoms with van der Waals surface area (Å²) in [5.41, 5.74) is 0.0813. The smallest absolute Gasteiger partial charge is 0.326 e. The number of phenolic OH excluding ortho intramolecular Hbond substituents is 2. The molecule has 2 unspecified atom stereocenters. The molecule has 0 radical (unpaired) electrons. The van der Waals surface area contributed by atoms with Crippen LogP contribution in [0.1, 0.15) is 23.7 Å². The standard InChI is InChI=1S/C13H15NO5/c1-7-2-3-14(11(7)13(18)19)12(17)8-4-9(15)6-10(16)5-8/h4-7,11,15-16H,2-3H2,1H3,(H,18,19). The number of aliphatic carboxylic acids is 1. The summed E-state index contributed by atoms with van der Waals surface area (Å²) in [4.78, 5) is 24.7. The largest absolute Gasteiger partial charge is 0.508 e. The minimum Gasteiger partial charge on any atom is -0.508 e. The predicted molar refractivity (Wildman–Crippen MR) is 66.0 cm³/mol. The minimum absolute atomic E-state index is 0.0813. The summed E-state index contributed by atoms with van der Waals surface area (Å²) in [6, 6.07) is 2.67. The lowest BCUT2D eigenvalue weighted by atomic mass is 10.0. The van der Waals surface area contributed by atoms with E-state index >= 15 is 0 Å². The molecule has 1 aromatic carbocycles. The SMILES string of the molecule is CC1CCN(C(=O)c2cc(O)cc(O)c2)C1C(=O)O. The molecule has 1 aliphatic heterocycles. The lowest BCUT2D eigenvalue weighted by molar-refractivity contribution is -0.142. The van der Waals surface area contributed by atoms with Crippen molar-refractivity contribution < 1.29 is 24.9 Å². The van der Waals surface area contributed by atoms with E-state index in [4.69, 9.17) is 5.11 Å². The third-order valence-electron chi connectivity index (χ3n) is 3.36. The molecule has 0 saturated carbocycles. The number of hydrogen-bond acceptors (Lipinski definition) is 4. The summed E-state index contributed by atoms with van der Waals surface area (Å²) >= 11 is 0. The number of carboxylic acid groups (broad SMARTS) is 1. The Morgan fingerprint density at radius 3 is 2.32 bits per heavy atom. The highest BCUT2D eigenvalue weighted by Gasteiger charge is 2.39. The van der Waals surface area contributed by atoms with Gasteiger partial charge in [0.1, 0.15) is 17.5 Å². The Kier molecular flexibility index (Phi) is 3.33. The highest BCUT2D eigenvalue weighted by molar-refractivity contribution is 5.97. The Morgan fingerprint density at radius 1 is 1.21 bits per heavy atom. The monoisotopic (exact) mass is 265 g/mol. The van der Waals surface area contributed by atoms with E-state index in [0.717, 1.165) is 6.07 Å². The Hall–Kier alpha value is -2.24. The molecule has 1 heterocycles. The van der Waals surface area contributed by atoms with E-state index in [2.05, 4.69) is 0 Å². The molecule has 1 saturated heterocycles. The molecule has 1 fully saturated rings. The first-order valence-corrected chi connectivity index (χ1v) is 5.97. The Balaban J connectivity index is 2.31. The minimum atomic E-state index is -1.04. The number of carboxylic acids is 1. The molecular weight excluding hydrogens is 250 g/mol. The number of carbonyl (C=O) groups excluding carboxylic acids is 1. The molecule has 1 amide bonds. The number of likely N-dealkylation sites (tertiary alicyclic amines) is 1. The van der Waals surface area contributed by atoms with E-state index in [1.54, 1.807) is 6.92 Å². The van der Waals surface area contributed by atoms with E-state index < -0.39 is 17.9 Å². The van der Waals surface area contributed by atoms with Gasteiger partial charge in [-0.2, -0.15) is 0 Å². The second kappa shape index (κ2) is 4.79. The number of phenols is 2. The van der Waals surface area contributed by atoms with Gasteiger partial charge < -0.3 is 20.2 Å². The van der Waals surface area contributed by atoms with Crippen LogP contribution in [0.15, 0.2) is 18.2 Å². The Bertz CT molecular complexity index is 508. The van der Waals surface area contributed by atoms with Crippen LogP contribution in [0.4, 0.5) is 0 Å². The van der Waals surface area contributed by atoms with E-state index in [-0.39, 0.29) is 23.0 Å². The summed E-state index contributed by atoms with van der Waals surface area (Å²) in [6.07, 6.45) is 0.619. The van der Waals surface area contributed by atoms with Gasteiger partial charge in [-0.25, -0.2) is 4.79 Å². The van der Waals surface area contributed by atoms with Gasteiger partial charge in [0.2, 0.25) is 0 Å². The molecule has 2 rings (SSSR count). The summed E-state index contributed by atoms with van der Waals surface area (Å²) in [7, 11) is 0. The maximum atomic E-state index is 12.3. The highest BCUT2D eigenvalue weighted by Crippen LogP contribution is 2.28. The van der Waals surface area contributed by atoms with Gasteiger partial charge in [0, 0.05) is 18.2 Å². The average Bonchev–Trinajstić information content (AvgIpc) is 2.68. The molecule has 1 aliphatic rings. The molecule has 0 bridgehead atoms. The van der Waals surface area contributed by atoms with Crippen molar-refractivity contribution in [3.63, 3.8) is 0 Å². The molecule has 0 aliphatic carbocycles. The number of rotatable bonds is 2. The molecule has 1 aromatic rings. The van der Waals surface area contributed by atoms with Gasteiger partial charge in [-0.3, -0.25) is 4.79 Å². The molecule has 0 spiro atoms. The first kappa shape index (κ1) is 13.2. The summed E-state index contributed by atoms with van der Waals surface area (Å²) in [6.45, 7) is 2.14. The lowest BCUT2D eigenvalue weighted by Gasteiger charge is -2.23. The van der Waals surface area contributed by atoms with Crippen LogP contribution in [0, 0.1) is 5.92 Å². The first-order valence-electron chi connectivity index (χ1n) is 5.97. The zero-order valence-electron chi connectivity index (χ0n) is 10.4. The van der Waals surface area contributed by atoms with Gasteiger partial charge in [0.15, 0.2) is 0 Å². The van der Waals surface area contributed by atoms with Crippen LogP contribution < -0.4 is 0 Å². The van der Waals surface area contributed by atoms with Crippen molar-refractivity contribution >= 4 is 11.9 Å². The van der Waals surface area contributed by atoms with Crippen LogP contribution in [0.3, 0.4) is 0 Å². The molecule has 6 nitrogen and oxygen atoms in total. The van der Waals surface area contributed by atoms with Crippen molar-refractivity contribution in [2.24, 2.45) is 5.92 Å². The fourth-order valence-electron chi connectivity index (χ4n) is 2.44. The molecule has 19 heavy (non-hydrogen) atoms. The fraction of sp³-hybridized carbons (Fsp3) is 0.385. The highest BCUT2D eigenvalue weighted by atomic mass is 16.4. The van der Waals surface area contributed by atoms with Gasteiger partial charge in [-0.05, 0) is 24.5 Å². The average molecular weight is 265 g/mol. The topological polar surface area (TPSA) is 98.1 Å². The molecule has 2 atom stereocenters. The second-order valence-corrected chi connectivity index (χ2v) is 4.79. The Morgan fingerprint density at radius 2 is 1.79 bits per heavy atom. The van der Waals surface area contributed by atoms with E-state index in [0.29, 0.717) is 13.0 Å². The zero-order valence-corrected chi connectivity index (χ0v) is 10.4. The number of carbonyl (C=O) groups is 2. The summed E-state index contributed by atoms with van der Waals surface area (Å²) in [5.74, 6) is -2.12. The quantitative estimate of drug-likeness (QED) is 0.742. The lowest BCUT2D eigenvalue weighted by Crippen LogP contribution is -2.42. The number of nitrogens with zero attached hydrogens (tertiary/aromatic N) is 1. The third-order valence-corrected chi connectivity index (χ3v) is 3.36. The molecule has 102 valence electrons. The van der Waals surface area contributed by atoms with Gasteiger partial charge in [0.25, 0.3) is 5.91 Å². The van der Waals surface area contributed by atoms with Crippen LogP contribution in [-0.4, -0.2) is 44.7 Å². The summed E-state index contributed by atoms with van der Waals surface area (Å²) in [5, 5.41) is 27.9. The molecule has 0 aromatic heterocycles. The normalized spacial score (nSPS) is 22.5. The van der Waals surface area contributed by atoms with E-state index in [1.807, 2.05) is 0 Å². The Labute approximate surface area is 109 Å². The fourth-order valence-corrected chi connectivity index (χ4v) is 2.44. The van der Waals surface area contributed by atoms with Crippen molar-refractivity contribution in [2.45, 2.75) is 19.4 Å². The number of aromatic hydroxyl groups is 2. The van der Waals surface area contributed by atoms with Gasteiger partial charge in [-0.15, -0.1) is 0 Å². The van der Waals surface area contributed by atoms with Crippen molar-refractivity contribution in [2.75, 3.05) is 6.54 Å². The third kappa shape index (κ3) is 2.47. The predicted octanol–water partition coefficient (Wildman–Crippen LogP) is 1.03. The van der Waals surface area contributed by atoms with Crippen LogP contribution in [0.25, 0.3) is 0 Å². The van der Waals surface area contributed by atoms with E-state index in [1.165, 1.54) is 17.0 Å². The van der Waals surface area contributed by atoms with E-state index in [9.17, 15) is 19.8 Å². The maximum absolute atomic E-state index is 12.3. The maximum Gasteiger partial charge on any atom is 0.326 e. The molecule has 3 N–H and O–H groups in total. The van der Waals surface area contributed by atoms with Crippen molar-refractivity contribution in [3.8, 4) is 11.5 Å². The number of benzene rings is 1. The van der Waals surface area contributed by atoms with Crippen molar-refractivity contribution in [1.82, 2.24) is 4.90 Å². The van der Waals surface area contributed by atoms with Gasteiger partial charge in [-0.1, -0.05) is 6.92 Å². The number of hydrogen-bond donors (Lipinski definition) is 3.